The number of carboxylic acid groups (broad SMARTS) is 1. The smallest absolute Gasteiger partial charge is 0.408 e. The minimum atomic E-state index is -2.09. The Kier molecular flexibility index (Phi) is 15.2. The number of nitrogens with one attached hydrogen (secondary N) is 4. The van der Waals surface area contributed by atoms with Gasteiger partial charge in [-0.15, -0.1) is 0 Å². The highest BCUT2D eigenvalue weighted by atomic mass is 16.6. The van der Waals surface area contributed by atoms with Crippen molar-refractivity contribution in [3.8, 4) is 0 Å². The Hall–Kier alpha value is -3.87. The van der Waals surface area contributed by atoms with Crippen molar-refractivity contribution in [2.75, 3.05) is 13.2 Å². The number of ether oxygens (including phenoxy) is 1. The fourth-order valence-electron chi connectivity index (χ4n) is 3.00. The molecule has 0 heterocycles. The Balaban J connectivity index is 5.48. The molecule has 0 saturated heterocycles. The van der Waals surface area contributed by atoms with Gasteiger partial charge in [-0.3, -0.25) is 28.8 Å². The van der Waals surface area contributed by atoms with Crippen LogP contribution in [-0.4, -0.2) is 123 Å². The molecule has 0 aromatic carbocycles. The molecule has 0 spiro atoms. The number of ketones is 1. The molecule has 11 N–H and O–H groups in total. The Labute approximate surface area is 222 Å². The molecule has 0 bridgehead atoms. The van der Waals surface area contributed by atoms with Gasteiger partial charge < -0.3 is 57.3 Å². The van der Waals surface area contributed by atoms with Crippen LogP contribution in [0.5, 0.6) is 0 Å². The van der Waals surface area contributed by atoms with Crippen LogP contribution in [0.15, 0.2) is 0 Å². The SMILES string of the molecule is CC(=O)N[C@@H](C(C)=O)[C@@H](OC(=O)NC(CO)C(=O)NC(CCC(=O)NC(C)C(=O)O)C(N)=O)[C@H](O)[C@H](O)CO. The first-order valence-corrected chi connectivity index (χ1v) is 11.5. The number of Topliss-reactive ketones (excluding diaryl/α,β-unsaturated/α-hetero) is 1. The number of hydrogen-bond donors (Lipinski definition) is 10. The molecule has 222 valence electrons. The van der Waals surface area contributed by atoms with Crippen molar-refractivity contribution in [3.63, 3.8) is 0 Å². The van der Waals surface area contributed by atoms with E-state index in [-0.39, 0.29) is 6.42 Å². The van der Waals surface area contributed by atoms with Gasteiger partial charge in [-0.25, -0.2) is 4.79 Å². The van der Waals surface area contributed by atoms with E-state index in [2.05, 4.69) is 16.0 Å². The summed E-state index contributed by atoms with van der Waals surface area (Å²) in [6.07, 6.45) is -8.27. The highest BCUT2D eigenvalue weighted by Gasteiger charge is 2.39. The molecule has 5 amide bonds. The van der Waals surface area contributed by atoms with Gasteiger partial charge in [0.15, 0.2) is 11.9 Å². The molecule has 0 fully saturated rings. The Morgan fingerprint density at radius 1 is 0.872 bits per heavy atom. The molecule has 0 radical (unpaired) electrons. The van der Waals surface area contributed by atoms with Crippen LogP contribution in [0.2, 0.25) is 0 Å². The van der Waals surface area contributed by atoms with Crippen LogP contribution in [0.25, 0.3) is 0 Å². The summed E-state index contributed by atoms with van der Waals surface area (Å²) in [5.41, 5.74) is 5.21. The average Bonchev–Trinajstić information content (AvgIpc) is 2.85. The topological polar surface area (TPSA) is 304 Å². The maximum Gasteiger partial charge on any atom is 0.408 e. The summed E-state index contributed by atoms with van der Waals surface area (Å²) in [5, 5.41) is 55.8. The summed E-state index contributed by atoms with van der Waals surface area (Å²) in [6, 6.07) is -6.18. The number of carbonyl (C=O) groups is 7. The molecule has 7 atom stereocenters. The molecule has 18 heteroatoms. The van der Waals surface area contributed by atoms with E-state index in [9.17, 15) is 48.9 Å². The fraction of sp³-hybridized carbons (Fsp3) is 0.667. The summed E-state index contributed by atoms with van der Waals surface area (Å²) < 4.78 is 4.94. The van der Waals surface area contributed by atoms with Crippen molar-refractivity contribution in [2.24, 2.45) is 5.73 Å². The van der Waals surface area contributed by atoms with Gasteiger partial charge in [0.2, 0.25) is 23.6 Å². The molecular formula is C21H35N5O13. The van der Waals surface area contributed by atoms with E-state index in [1.54, 1.807) is 0 Å². The summed E-state index contributed by atoms with van der Waals surface area (Å²) >= 11 is 0. The van der Waals surface area contributed by atoms with Gasteiger partial charge in [0.25, 0.3) is 0 Å². The molecule has 0 aliphatic rings. The second-order valence-electron chi connectivity index (χ2n) is 8.41. The van der Waals surface area contributed by atoms with Gasteiger partial charge in [0.05, 0.1) is 13.2 Å². The van der Waals surface area contributed by atoms with Crippen molar-refractivity contribution in [1.29, 1.82) is 0 Å². The van der Waals surface area contributed by atoms with Gasteiger partial charge in [-0.1, -0.05) is 0 Å². The van der Waals surface area contributed by atoms with E-state index in [4.69, 9.17) is 20.7 Å². The summed E-state index contributed by atoms with van der Waals surface area (Å²) in [4.78, 5) is 82.8. The third-order valence-electron chi connectivity index (χ3n) is 5.15. The molecule has 0 aliphatic heterocycles. The number of rotatable bonds is 17. The quantitative estimate of drug-likeness (QED) is 0.0788. The number of aliphatic carboxylic acids is 1. The van der Waals surface area contributed by atoms with Gasteiger partial charge >= 0.3 is 12.1 Å². The highest BCUT2D eigenvalue weighted by molar-refractivity contribution is 5.92. The number of nitrogens with two attached hydrogens (primary N) is 1. The lowest BCUT2D eigenvalue weighted by atomic mass is 9.98. The first-order valence-electron chi connectivity index (χ1n) is 11.5. The first-order chi connectivity index (χ1) is 18.0. The van der Waals surface area contributed by atoms with Crippen LogP contribution < -0.4 is 27.0 Å². The highest BCUT2D eigenvalue weighted by Crippen LogP contribution is 2.12. The average molecular weight is 566 g/mol. The van der Waals surface area contributed by atoms with Crippen molar-refractivity contribution in [2.45, 2.75) is 76.1 Å². The number of carboxylic acids is 1. The van der Waals surface area contributed by atoms with E-state index >= 15 is 0 Å². The predicted octanol–water partition coefficient (Wildman–Crippen LogP) is -5.41. The zero-order valence-electron chi connectivity index (χ0n) is 21.4. The summed E-state index contributed by atoms with van der Waals surface area (Å²) in [5.74, 6) is -5.92. The number of amides is 5. The van der Waals surface area contributed by atoms with Crippen LogP contribution in [0, 0.1) is 0 Å². The van der Waals surface area contributed by atoms with Crippen molar-refractivity contribution in [1.82, 2.24) is 21.3 Å². The monoisotopic (exact) mass is 565 g/mol. The van der Waals surface area contributed by atoms with E-state index < -0.39 is 104 Å². The number of carbonyl (C=O) groups excluding carboxylic acids is 6. The predicted molar refractivity (Wildman–Crippen MR) is 127 cm³/mol. The largest absolute Gasteiger partial charge is 0.480 e. The molecule has 3 unspecified atom stereocenters. The number of aliphatic hydroxyl groups is 4. The van der Waals surface area contributed by atoms with Gasteiger partial charge in [-0.05, 0) is 20.3 Å². The van der Waals surface area contributed by atoms with E-state index in [0.717, 1.165) is 13.8 Å². The zero-order valence-corrected chi connectivity index (χ0v) is 21.4. The zero-order chi connectivity index (χ0) is 30.4. The van der Waals surface area contributed by atoms with Crippen molar-refractivity contribution >= 4 is 41.5 Å². The molecule has 39 heavy (non-hydrogen) atoms. The number of primary amides is 1. The molecule has 0 aromatic rings. The first kappa shape index (κ1) is 35.1. The normalized spacial score (nSPS) is 16.2. The maximum absolute atomic E-state index is 12.5. The number of hydrogen-bond acceptors (Lipinski definition) is 12. The summed E-state index contributed by atoms with van der Waals surface area (Å²) in [6.45, 7) is 1.12. The molecular weight excluding hydrogens is 530 g/mol. The Morgan fingerprint density at radius 3 is 1.90 bits per heavy atom. The molecule has 0 aromatic heterocycles. The van der Waals surface area contributed by atoms with E-state index in [1.165, 1.54) is 6.92 Å². The van der Waals surface area contributed by atoms with Gasteiger partial charge in [-0.2, -0.15) is 0 Å². The number of alkyl carbamates (subject to hydrolysis) is 1. The third-order valence-corrected chi connectivity index (χ3v) is 5.15. The second-order valence-corrected chi connectivity index (χ2v) is 8.41. The van der Waals surface area contributed by atoms with Crippen molar-refractivity contribution < 1.29 is 63.8 Å². The second kappa shape index (κ2) is 16.9. The van der Waals surface area contributed by atoms with Gasteiger partial charge in [0, 0.05) is 13.3 Å². The van der Waals surface area contributed by atoms with Crippen molar-refractivity contribution in [3.05, 3.63) is 0 Å². The van der Waals surface area contributed by atoms with E-state index in [0.29, 0.717) is 0 Å². The lowest BCUT2D eigenvalue weighted by Gasteiger charge is -2.31. The van der Waals surface area contributed by atoms with Crippen LogP contribution >= 0.6 is 0 Å². The third kappa shape index (κ3) is 12.5. The minimum Gasteiger partial charge on any atom is -0.480 e. The minimum absolute atomic E-state index is 0.369. The number of aliphatic hydroxyl groups excluding tert-OH is 4. The Morgan fingerprint density at radius 2 is 1.46 bits per heavy atom. The van der Waals surface area contributed by atoms with Crippen LogP contribution in [0.3, 0.4) is 0 Å². The fourth-order valence-corrected chi connectivity index (χ4v) is 3.00. The lowest BCUT2D eigenvalue weighted by Crippen LogP contribution is -2.59. The standard InChI is InChI=1S/C21H35N5O13/c1-8(20(36)37)23-14(32)5-4-11(18(22)34)25-19(35)12(6-27)26-21(38)39-17(16(33)13(31)7-28)15(9(2)29)24-10(3)30/h8,11-13,15-17,27-28,31,33H,4-7H2,1-3H3,(H2,22,34)(H,23,32)(H,24,30)(H,25,35)(H,26,38)(H,36,37)/t8?,11?,12?,13-,15+,16-,17-/m1/s1. The Bertz CT molecular complexity index is 915. The van der Waals surface area contributed by atoms with Crippen LogP contribution in [0.4, 0.5) is 4.79 Å². The lowest BCUT2D eigenvalue weighted by molar-refractivity contribution is -0.141. The van der Waals surface area contributed by atoms with Crippen LogP contribution in [-0.2, 0) is 33.5 Å². The molecule has 18 nitrogen and oxygen atoms in total. The van der Waals surface area contributed by atoms with Gasteiger partial charge in [0.1, 0.15) is 36.4 Å². The van der Waals surface area contributed by atoms with Crippen LogP contribution in [0.1, 0.15) is 33.6 Å². The summed E-state index contributed by atoms with van der Waals surface area (Å²) in [7, 11) is 0. The molecule has 0 saturated carbocycles. The van der Waals surface area contributed by atoms with E-state index in [1.807, 2.05) is 5.32 Å². The molecule has 0 rings (SSSR count). The molecule has 0 aliphatic carbocycles. The maximum atomic E-state index is 12.5.